The first-order chi connectivity index (χ1) is 20.5. The summed E-state index contributed by atoms with van der Waals surface area (Å²) in [5.41, 5.74) is 0.437. The van der Waals surface area contributed by atoms with Gasteiger partial charge in [0.1, 0.15) is 4.90 Å². The summed E-state index contributed by atoms with van der Waals surface area (Å²) < 4.78 is 83.5. The van der Waals surface area contributed by atoms with E-state index in [-0.39, 0.29) is 16.0 Å². The number of ether oxygens (including phenoxy) is 3. The lowest BCUT2D eigenvalue weighted by molar-refractivity contribution is -0.274. The fourth-order valence-electron chi connectivity index (χ4n) is 4.81. The van der Waals surface area contributed by atoms with E-state index in [4.69, 9.17) is 9.47 Å². The molecule has 0 bridgehead atoms. The summed E-state index contributed by atoms with van der Waals surface area (Å²) in [5, 5.41) is 0.532. The van der Waals surface area contributed by atoms with Gasteiger partial charge in [-0.3, -0.25) is 14.5 Å². The van der Waals surface area contributed by atoms with Gasteiger partial charge in [0.25, 0.3) is 15.9 Å². The number of carbonyl (C=O) groups is 1. The second kappa shape index (κ2) is 11.9. The Morgan fingerprint density at radius 2 is 1.60 bits per heavy atom. The summed E-state index contributed by atoms with van der Waals surface area (Å²) in [6, 6.07) is 16.4. The van der Waals surface area contributed by atoms with Gasteiger partial charge < -0.3 is 24.0 Å². The number of alkyl halides is 3. The number of nitrogens with one attached hydrogen (secondary N) is 1. The molecule has 0 radical (unpaired) electrons. The summed E-state index contributed by atoms with van der Waals surface area (Å²) in [7, 11) is -1.32. The highest BCUT2D eigenvalue weighted by atomic mass is 32.2. The molecule has 0 saturated carbocycles. The number of aromatic nitrogens is 1. The Balaban J connectivity index is 1.36. The molecule has 1 aromatic heterocycles. The average molecular weight is 617 g/mol. The van der Waals surface area contributed by atoms with E-state index in [1.807, 2.05) is 17.0 Å². The van der Waals surface area contributed by atoms with E-state index in [1.54, 1.807) is 24.3 Å². The number of nitrogens with zero attached hydrogens (tertiary/aromatic N) is 3. The third-order valence-corrected chi connectivity index (χ3v) is 8.28. The normalized spacial score (nSPS) is 14.0. The average Bonchev–Trinajstić information content (AvgIpc) is 3.00. The minimum Gasteiger partial charge on any atom is -0.493 e. The summed E-state index contributed by atoms with van der Waals surface area (Å²) >= 11 is 0. The number of hydrogen-bond donors (Lipinski definition) is 1. The molecule has 43 heavy (non-hydrogen) atoms. The number of halogens is 3. The summed E-state index contributed by atoms with van der Waals surface area (Å²) in [6.45, 7) is 1.52. The van der Waals surface area contributed by atoms with E-state index in [2.05, 4.69) is 14.4 Å². The van der Waals surface area contributed by atoms with Crippen molar-refractivity contribution in [3.05, 3.63) is 78.5 Å². The number of rotatable bonds is 8. The Morgan fingerprint density at radius 3 is 2.30 bits per heavy atom. The minimum absolute atomic E-state index is 0.0893. The van der Waals surface area contributed by atoms with Crippen LogP contribution in [0.15, 0.2) is 77.8 Å². The van der Waals surface area contributed by atoms with Crippen LogP contribution in [0.1, 0.15) is 10.4 Å². The van der Waals surface area contributed by atoms with Crippen LogP contribution in [0.4, 0.5) is 24.5 Å². The topological polar surface area (TPSA) is 110 Å². The molecule has 0 aliphatic carbocycles. The molecule has 2 heterocycles. The summed E-state index contributed by atoms with van der Waals surface area (Å²) in [6.07, 6.45) is -3.73. The van der Waals surface area contributed by atoms with Gasteiger partial charge in [-0.05, 0) is 42.5 Å². The zero-order chi connectivity index (χ0) is 30.8. The van der Waals surface area contributed by atoms with Gasteiger partial charge in [0.05, 0.1) is 25.4 Å². The van der Waals surface area contributed by atoms with Crippen LogP contribution in [0.5, 0.6) is 17.2 Å². The lowest BCUT2D eigenvalue weighted by atomic mass is 10.1. The van der Waals surface area contributed by atoms with Gasteiger partial charge in [0, 0.05) is 55.1 Å². The Labute approximate surface area is 245 Å². The molecule has 1 fully saturated rings. The number of benzene rings is 3. The number of carbonyl (C=O) groups excluding carboxylic acids is 1. The van der Waals surface area contributed by atoms with Crippen molar-refractivity contribution in [3.8, 4) is 17.2 Å². The van der Waals surface area contributed by atoms with Crippen LogP contribution in [0.25, 0.3) is 10.9 Å². The van der Waals surface area contributed by atoms with Gasteiger partial charge in [-0.1, -0.05) is 18.2 Å². The molecule has 1 aliphatic heterocycles. The maximum Gasteiger partial charge on any atom is 0.573 e. The Kier molecular flexibility index (Phi) is 8.22. The zero-order valence-corrected chi connectivity index (χ0v) is 23.9. The number of anilines is 2. The van der Waals surface area contributed by atoms with E-state index in [0.717, 1.165) is 17.8 Å². The van der Waals surface area contributed by atoms with E-state index in [9.17, 15) is 26.4 Å². The van der Waals surface area contributed by atoms with Gasteiger partial charge in [-0.2, -0.15) is 0 Å². The molecule has 1 N–H and O–H groups in total. The van der Waals surface area contributed by atoms with Crippen LogP contribution in [-0.2, 0) is 10.0 Å². The number of para-hydroxylation sites is 1. The molecule has 1 amide bonds. The van der Waals surface area contributed by atoms with E-state index >= 15 is 0 Å². The molecular formula is C29H27F3N4O6S. The molecule has 0 atom stereocenters. The molecule has 0 unspecified atom stereocenters. The highest BCUT2D eigenvalue weighted by Gasteiger charge is 2.34. The van der Waals surface area contributed by atoms with Crippen molar-refractivity contribution < 1.29 is 40.6 Å². The second-order valence-corrected chi connectivity index (χ2v) is 11.2. The van der Waals surface area contributed by atoms with E-state index < -0.39 is 33.7 Å². The number of methoxy groups -OCH3 is 2. The van der Waals surface area contributed by atoms with Crippen molar-refractivity contribution >= 4 is 38.2 Å². The zero-order valence-electron chi connectivity index (χ0n) is 23.1. The predicted octanol–water partition coefficient (Wildman–Crippen LogP) is 4.91. The standard InChI is InChI=1S/C29H27F3N4O6S/c1-40-23-11-9-21(18-25(23)41-2)35-13-15-36(16-14-35)28(37)20-8-10-22(24(17-20)42-29(30,31)32)34-43(38,39)26-7-3-5-19-6-4-12-33-27(19)26/h3-12,17-18,34H,13-16H2,1-2H3. The molecule has 226 valence electrons. The highest BCUT2D eigenvalue weighted by molar-refractivity contribution is 7.93. The summed E-state index contributed by atoms with van der Waals surface area (Å²) in [5.74, 6) is -0.245. The minimum atomic E-state index is -5.14. The smallest absolute Gasteiger partial charge is 0.493 e. The number of hydrogen-bond acceptors (Lipinski definition) is 8. The van der Waals surface area contributed by atoms with Crippen molar-refractivity contribution in [1.29, 1.82) is 0 Å². The maximum atomic E-state index is 13.4. The number of sulfonamides is 1. The van der Waals surface area contributed by atoms with E-state index in [1.165, 1.54) is 43.5 Å². The van der Waals surface area contributed by atoms with Gasteiger partial charge in [-0.25, -0.2) is 8.42 Å². The van der Waals surface area contributed by atoms with Crippen molar-refractivity contribution in [3.63, 3.8) is 0 Å². The molecule has 5 rings (SSSR count). The molecule has 1 saturated heterocycles. The van der Waals surface area contributed by atoms with Crippen LogP contribution >= 0.6 is 0 Å². The van der Waals surface area contributed by atoms with Crippen LogP contribution in [0, 0.1) is 0 Å². The number of amides is 1. The molecule has 4 aromatic rings. The van der Waals surface area contributed by atoms with Gasteiger partial charge in [-0.15, -0.1) is 13.2 Å². The highest BCUT2D eigenvalue weighted by Crippen LogP contribution is 2.35. The largest absolute Gasteiger partial charge is 0.573 e. The second-order valence-electron chi connectivity index (χ2n) is 9.51. The van der Waals surface area contributed by atoms with Crippen molar-refractivity contribution in [2.75, 3.05) is 50.0 Å². The summed E-state index contributed by atoms with van der Waals surface area (Å²) in [4.78, 5) is 20.7. The number of pyridine rings is 1. The molecule has 14 heteroatoms. The molecule has 3 aromatic carbocycles. The fourth-order valence-corrected chi connectivity index (χ4v) is 6.06. The molecule has 1 aliphatic rings. The number of piperazine rings is 1. The van der Waals surface area contributed by atoms with Gasteiger partial charge >= 0.3 is 6.36 Å². The molecule has 0 spiro atoms. The first kappa shape index (κ1) is 29.8. The molecule has 10 nitrogen and oxygen atoms in total. The van der Waals surface area contributed by atoms with Crippen molar-refractivity contribution in [1.82, 2.24) is 9.88 Å². The molecular weight excluding hydrogens is 589 g/mol. The van der Waals surface area contributed by atoms with Crippen LogP contribution in [-0.4, -0.2) is 71.0 Å². The Hall–Kier alpha value is -4.72. The Morgan fingerprint density at radius 1 is 0.884 bits per heavy atom. The van der Waals surface area contributed by atoms with Crippen LogP contribution < -0.4 is 23.8 Å². The number of fused-ring (bicyclic) bond motifs is 1. The first-order valence-corrected chi connectivity index (χ1v) is 14.5. The predicted molar refractivity (Wildman–Crippen MR) is 153 cm³/mol. The first-order valence-electron chi connectivity index (χ1n) is 13.0. The van der Waals surface area contributed by atoms with Gasteiger partial charge in [0.2, 0.25) is 0 Å². The van der Waals surface area contributed by atoms with Crippen molar-refractivity contribution in [2.45, 2.75) is 11.3 Å². The SMILES string of the molecule is COc1ccc(N2CCN(C(=O)c3ccc(NS(=O)(=O)c4cccc5cccnc45)c(OC(F)(F)F)c3)CC2)cc1OC. The Bertz CT molecular complexity index is 1750. The third kappa shape index (κ3) is 6.53. The third-order valence-electron chi connectivity index (χ3n) is 6.88. The van der Waals surface area contributed by atoms with E-state index in [0.29, 0.717) is 43.1 Å². The maximum absolute atomic E-state index is 13.4. The monoisotopic (exact) mass is 616 g/mol. The lowest BCUT2D eigenvalue weighted by Crippen LogP contribution is -2.48. The fraction of sp³-hybridized carbons (Fsp3) is 0.241. The quantitative estimate of drug-likeness (QED) is 0.297. The van der Waals surface area contributed by atoms with Crippen molar-refractivity contribution in [2.24, 2.45) is 0 Å². The lowest BCUT2D eigenvalue weighted by Gasteiger charge is -2.36. The van der Waals surface area contributed by atoms with Crippen LogP contribution in [0.3, 0.4) is 0 Å². The van der Waals surface area contributed by atoms with Crippen LogP contribution in [0.2, 0.25) is 0 Å². The van der Waals surface area contributed by atoms with Gasteiger partial charge in [0.15, 0.2) is 17.2 Å².